The second kappa shape index (κ2) is 6.00. The highest BCUT2D eigenvalue weighted by Crippen LogP contribution is 2.18. The predicted octanol–water partition coefficient (Wildman–Crippen LogP) is 2.41. The van der Waals surface area contributed by atoms with Gasteiger partial charge in [-0.05, 0) is 49.3 Å². The van der Waals surface area contributed by atoms with Gasteiger partial charge in [-0.25, -0.2) is 0 Å². The van der Waals surface area contributed by atoms with Gasteiger partial charge in [-0.2, -0.15) is 0 Å². The Morgan fingerprint density at radius 3 is 3.00 bits per heavy atom. The van der Waals surface area contributed by atoms with Crippen molar-refractivity contribution < 1.29 is 4.74 Å². The number of benzene rings is 1. The van der Waals surface area contributed by atoms with Crippen LogP contribution in [0.1, 0.15) is 29.5 Å². The lowest BCUT2D eigenvalue weighted by Gasteiger charge is -2.11. The summed E-state index contributed by atoms with van der Waals surface area (Å²) < 4.78 is 5.57. The van der Waals surface area contributed by atoms with E-state index in [0.717, 1.165) is 48.0 Å². The molecule has 2 N–H and O–H groups in total. The van der Waals surface area contributed by atoms with Crippen LogP contribution < -0.4 is 10.9 Å². The first-order valence-electron chi connectivity index (χ1n) is 7.59. The van der Waals surface area contributed by atoms with Crippen molar-refractivity contribution in [1.82, 2.24) is 10.3 Å². The molecular weight excluding hydrogens is 264 g/mol. The number of pyridine rings is 1. The summed E-state index contributed by atoms with van der Waals surface area (Å²) in [6.45, 7) is 6.36. The molecule has 3 rings (SSSR count). The summed E-state index contributed by atoms with van der Waals surface area (Å²) in [7, 11) is 0. The highest BCUT2D eigenvalue weighted by Gasteiger charge is 2.15. The highest BCUT2D eigenvalue weighted by atomic mass is 16.5. The Morgan fingerprint density at radius 1 is 1.38 bits per heavy atom. The average Bonchev–Trinajstić information content (AvgIpc) is 2.98. The molecule has 112 valence electrons. The fraction of sp³-hybridized carbons (Fsp3) is 0.471. The third-order valence-corrected chi connectivity index (χ3v) is 4.34. The largest absolute Gasteiger partial charge is 0.377 e. The highest BCUT2D eigenvalue weighted by molar-refractivity contribution is 5.83. The van der Waals surface area contributed by atoms with E-state index in [0.29, 0.717) is 12.6 Å². The number of aryl methyl sites for hydroxylation is 2. The smallest absolute Gasteiger partial charge is 0.252 e. The van der Waals surface area contributed by atoms with Gasteiger partial charge in [0.2, 0.25) is 0 Å². The maximum Gasteiger partial charge on any atom is 0.252 e. The van der Waals surface area contributed by atoms with Crippen molar-refractivity contribution in [3.05, 3.63) is 45.2 Å². The fourth-order valence-corrected chi connectivity index (χ4v) is 2.87. The molecule has 0 saturated carbocycles. The SMILES string of the molecule is Cc1ccc2cc(CNC[C@H]3CCCO3)c(=O)[nH]c2c1C. The molecule has 2 heterocycles. The van der Waals surface area contributed by atoms with E-state index < -0.39 is 0 Å². The molecule has 0 radical (unpaired) electrons. The Balaban J connectivity index is 1.77. The summed E-state index contributed by atoms with van der Waals surface area (Å²) in [4.78, 5) is 15.2. The van der Waals surface area contributed by atoms with Crippen molar-refractivity contribution in [3.63, 3.8) is 0 Å². The van der Waals surface area contributed by atoms with Gasteiger partial charge in [-0.1, -0.05) is 12.1 Å². The number of fused-ring (bicyclic) bond motifs is 1. The molecule has 21 heavy (non-hydrogen) atoms. The van der Waals surface area contributed by atoms with Crippen molar-refractivity contribution in [2.75, 3.05) is 13.2 Å². The van der Waals surface area contributed by atoms with Crippen LogP contribution in [0.2, 0.25) is 0 Å². The average molecular weight is 286 g/mol. The van der Waals surface area contributed by atoms with Gasteiger partial charge in [-0.15, -0.1) is 0 Å². The topological polar surface area (TPSA) is 54.1 Å². The normalized spacial score (nSPS) is 18.5. The third kappa shape index (κ3) is 3.01. The van der Waals surface area contributed by atoms with Gasteiger partial charge < -0.3 is 15.0 Å². The second-order valence-electron chi connectivity index (χ2n) is 5.86. The van der Waals surface area contributed by atoms with E-state index in [4.69, 9.17) is 4.74 Å². The number of nitrogens with one attached hydrogen (secondary N) is 2. The lowest BCUT2D eigenvalue weighted by atomic mass is 10.0. The van der Waals surface area contributed by atoms with Gasteiger partial charge in [0.15, 0.2) is 0 Å². The van der Waals surface area contributed by atoms with E-state index in [1.165, 1.54) is 5.56 Å². The van der Waals surface area contributed by atoms with Crippen LogP contribution in [-0.2, 0) is 11.3 Å². The summed E-state index contributed by atoms with van der Waals surface area (Å²) >= 11 is 0. The number of rotatable bonds is 4. The van der Waals surface area contributed by atoms with Crippen LogP contribution in [0.3, 0.4) is 0 Å². The Labute approximate surface area is 124 Å². The summed E-state index contributed by atoms with van der Waals surface area (Å²) in [6, 6.07) is 6.15. The van der Waals surface area contributed by atoms with Gasteiger partial charge in [0.05, 0.1) is 11.6 Å². The zero-order valence-electron chi connectivity index (χ0n) is 12.7. The van der Waals surface area contributed by atoms with Crippen molar-refractivity contribution >= 4 is 10.9 Å². The van der Waals surface area contributed by atoms with Gasteiger partial charge in [0, 0.05) is 25.3 Å². The van der Waals surface area contributed by atoms with E-state index >= 15 is 0 Å². The number of aromatic amines is 1. The molecule has 1 aromatic carbocycles. The first kappa shape index (κ1) is 14.3. The molecular formula is C17H22N2O2. The van der Waals surface area contributed by atoms with Crippen molar-refractivity contribution in [2.24, 2.45) is 0 Å². The van der Waals surface area contributed by atoms with Crippen LogP contribution >= 0.6 is 0 Å². The number of aromatic nitrogens is 1. The first-order chi connectivity index (χ1) is 10.1. The van der Waals surface area contributed by atoms with Crippen molar-refractivity contribution in [2.45, 2.75) is 39.3 Å². The maximum absolute atomic E-state index is 12.2. The molecule has 1 aliphatic heterocycles. The standard InChI is InChI=1S/C17H22N2O2/c1-11-5-6-13-8-14(17(20)19-16(13)12(11)2)9-18-10-15-4-3-7-21-15/h5-6,8,15,18H,3-4,7,9-10H2,1-2H3,(H,19,20)/t15-/m1/s1. The Hall–Kier alpha value is -1.65. The van der Waals surface area contributed by atoms with Crippen LogP contribution in [0.15, 0.2) is 23.0 Å². The minimum atomic E-state index is -0.00367. The lowest BCUT2D eigenvalue weighted by Crippen LogP contribution is -2.28. The van der Waals surface area contributed by atoms with Gasteiger partial charge in [-0.3, -0.25) is 4.79 Å². The minimum absolute atomic E-state index is 0.00367. The van der Waals surface area contributed by atoms with Crippen molar-refractivity contribution in [3.8, 4) is 0 Å². The molecule has 1 fully saturated rings. The molecule has 0 bridgehead atoms. The van der Waals surface area contributed by atoms with Crippen LogP contribution in [0, 0.1) is 13.8 Å². The van der Waals surface area contributed by atoms with Gasteiger partial charge >= 0.3 is 0 Å². The maximum atomic E-state index is 12.2. The molecule has 1 aliphatic rings. The van der Waals surface area contributed by atoms with Crippen molar-refractivity contribution in [1.29, 1.82) is 0 Å². The molecule has 1 aromatic heterocycles. The number of hydrogen-bond donors (Lipinski definition) is 2. The van der Waals surface area contributed by atoms with Crippen LogP contribution in [0.25, 0.3) is 10.9 Å². The zero-order chi connectivity index (χ0) is 14.8. The van der Waals surface area contributed by atoms with Gasteiger partial charge in [0.1, 0.15) is 0 Å². The second-order valence-corrected chi connectivity index (χ2v) is 5.86. The summed E-state index contributed by atoms with van der Waals surface area (Å²) in [5.41, 5.74) is 4.06. The van der Waals surface area contributed by atoms with E-state index in [-0.39, 0.29) is 5.56 Å². The Morgan fingerprint density at radius 2 is 2.24 bits per heavy atom. The predicted molar refractivity (Wildman–Crippen MR) is 84.7 cm³/mol. The fourth-order valence-electron chi connectivity index (χ4n) is 2.87. The van der Waals surface area contributed by atoms with E-state index in [2.05, 4.69) is 29.4 Å². The summed E-state index contributed by atoms with van der Waals surface area (Å²) in [5.74, 6) is 0. The van der Waals surface area contributed by atoms with E-state index in [1.54, 1.807) is 0 Å². The van der Waals surface area contributed by atoms with E-state index in [1.807, 2.05) is 13.0 Å². The lowest BCUT2D eigenvalue weighted by molar-refractivity contribution is 0.110. The summed E-state index contributed by atoms with van der Waals surface area (Å²) in [6.07, 6.45) is 2.55. The Bertz CT molecular complexity index is 700. The molecule has 1 saturated heterocycles. The van der Waals surface area contributed by atoms with Crippen LogP contribution in [0.4, 0.5) is 0 Å². The molecule has 4 nitrogen and oxygen atoms in total. The molecule has 0 amide bonds. The number of hydrogen-bond acceptors (Lipinski definition) is 3. The van der Waals surface area contributed by atoms with Gasteiger partial charge in [0.25, 0.3) is 5.56 Å². The minimum Gasteiger partial charge on any atom is -0.377 e. The van der Waals surface area contributed by atoms with Crippen LogP contribution in [0.5, 0.6) is 0 Å². The monoisotopic (exact) mass is 286 g/mol. The third-order valence-electron chi connectivity index (χ3n) is 4.34. The quantitative estimate of drug-likeness (QED) is 0.907. The molecule has 1 atom stereocenters. The zero-order valence-corrected chi connectivity index (χ0v) is 12.7. The van der Waals surface area contributed by atoms with E-state index in [9.17, 15) is 4.79 Å². The summed E-state index contributed by atoms with van der Waals surface area (Å²) in [5, 5.41) is 4.42. The molecule has 4 heteroatoms. The number of ether oxygens (including phenoxy) is 1. The molecule has 0 aliphatic carbocycles. The molecule has 0 unspecified atom stereocenters. The first-order valence-corrected chi connectivity index (χ1v) is 7.59. The molecule has 0 spiro atoms. The Kier molecular flexibility index (Phi) is 4.08. The number of H-pyrrole nitrogens is 1. The molecule has 2 aromatic rings. The van der Waals surface area contributed by atoms with Crippen LogP contribution in [-0.4, -0.2) is 24.2 Å².